The molecule has 0 bridgehead atoms. The standard InChI is InChI=1S/C18H23N/c1-14-18(16-10-6-3-7-11-16)17(12-13-19-14)15-8-4-2-5-9-15/h2,4-6,8-10,12,14,16,18-19H,3,7,11,13H2,1H3. The molecule has 0 spiro atoms. The van der Waals surface area contributed by atoms with E-state index in [-0.39, 0.29) is 0 Å². The smallest absolute Gasteiger partial charge is 0.0143 e. The van der Waals surface area contributed by atoms with Crippen molar-refractivity contribution in [1.29, 1.82) is 0 Å². The van der Waals surface area contributed by atoms with Crippen LogP contribution in [-0.2, 0) is 0 Å². The van der Waals surface area contributed by atoms with E-state index in [1.807, 2.05) is 0 Å². The first kappa shape index (κ1) is 12.7. The predicted octanol–water partition coefficient (Wildman–Crippen LogP) is 4.03. The molecule has 1 aliphatic heterocycles. The van der Waals surface area contributed by atoms with Crippen LogP contribution >= 0.6 is 0 Å². The molecule has 3 atom stereocenters. The molecule has 100 valence electrons. The lowest BCUT2D eigenvalue weighted by Gasteiger charge is -2.37. The Morgan fingerprint density at radius 3 is 2.74 bits per heavy atom. The molecule has 0 aromatic heterocycles. The normalized spacial score (nSPS) is 31.0. The van der Waals surface area contributed by atoms with Crippen molar-refractivity contribution in [2.24, 2.45) is 11.8 Å². The lowest BCUT2D eigenvalue weighted by Crippen LogP contribution is -2.41. The van der Waals surface area contributed by atoms with Gasteiger partial charge in [0.05, 0.1) is 0 Å². The van der Waals surface area contributed by atoms with Gasteiger partial charge >= 0.3 is 0 Å². The van der Waals surface area contributed by atoms with Gasteiger partial charge in [0.25, 0.3) is 0 Å². The molecule has 1 N–H and O–H groups in total. The Labute approximate surface area is 116 Å². The lowest BCUT2D eigenvalue weighted by atomic mass is 9.73. The summed E-state index contributed by atoms with van der Waals surface area (Å²) in [4.78, 5) is 0. The van der Waals surface area contributed by atoms with Crippen LogP contribution in [0.25, 0.3) is 5.57 Å². The van der Waals surface area contributed by atoms with Crippen LogP contribution in [0.1, 0.15) is 31.7 Å². The summed E-state index contributed by atoms with van der Waals surface area (Å²) >= 11 is 0. The van der Waals surface area contributed by atoms with Crippen LogP contribution in [0.5, 0.6) is 0 Å². The van der Waals surface area contributed by atoms with E-state index in [1.54, 1.807) is 5.57 Å². The first-order valence-corrected chi connectivity index (χ1v) is 7.52. The third-order valence-corrected chi connectivity index (χ3v) is 4.52. The first-order valence-electron chi connectivity index (χ1n) is 7.52. The average Bonchev–Trinajstić information content (AvgIpc) is 2.49. The van der Waals surface area contributed by atoms with Crippen LogP contribution in [0.3, 0.4) is 0 Å². The third kappa shape index (κ3) is 2.66. The fraction of sp³-hybridized carbons (Fsp3) is 0.444. The van der Waals surface area contributed by atoms with Gasteiger partial charge in [-0.1, -0.05) is 48.6 Å². The maximum atomic E-state index is 3.62. The Bertz CT molecular complexity index is 472. The van der Waals surface area contributed by atoms with Crippen LogP contribution in [0.15, 0.2) is 48.6 Å². The Morgan fingerprint density at radius 1 is 1.16 bits per heavy atom. The van der Waals surface area contributed by atoms with E-state index >= 15 is 0 Å². The summed E-state index contributed by atoms with van der Waals surface area (Å²) in [6.07, 6.45) is 11.1. The van der Waals surface area contributed by atoms with Crippen molar-refractivity contribution in [2.45, 2.75) is 32.2 Å². The Hall–Kier alpha value is -1.34. The van der Waals surface area contributed by atoms with Crippen molar-refractivity contribution < 1.29 is 0 Å². The fourth-order valence-electron chi connectivity index (χ4n) is 3.57. The molecule has 19 heavy (non-hydrogen) atoms. The summed E-state index contributed by atoms with van der Waals surface area (Å²) < 4.78 is 0. The van der Waals surface area contributed by atoms with Crippen LogP contribution in [0.2, 0.25) is 0 Å². The molecule has 1 aliphatic carbocycles. The van der Waals surface area contributed by atoms with Gasteiger partial charge in [0.2, 0.25) is 0 Å². The van der Waals surface area contributed by atoms with Crippen molar-refractivity contribution >= 4 is 5.57 Å². The van der Waals surface area contributed by atoms with Crippen LogP contribution < -0.4 is 5.32 Å². The SMILES string of the molecule is CC1NCC=C(c2ccccc2)C1C1C=CCCC1. The summed E-state index contributed by atoms with van der Waals surface area (Å²) in [5.74, 6) is 1.32. The zero-order valence-electron chi connectivity index (χ0n) is 11.7. The zero-order chi connectivity index (χ0) is 13.1. The topological polar surface area (TPSA) is 12.0 Å². The molecule has 3 unspecified atom stereocenters. The molecule has 1 heteroatoms. The highest BCUT2D eigenvalue weighted by atomic mass is 14.9. The highest BCUT2D eigenvalue weighted by Gasteiger charge is 2.31. The van der Waals surface area contributed by atoms with E-state index in [0.29, 0.717) is 17.9 Å². The molecule has 0 amide bonds. The minimum absolute atomic E-state index is 0.563. The molecule has 0 saturated heterocycles. The van der Waals surface area contributed by atoms with E-state index < -0.39 is 0 Å². The van der Waals surface area contributed by atoms with Crippen molar-refractivity contribution in [3.05, 3.63) is 54.1 Å². The molecule has 1 heterocycles. The molecule has 0 fully saturated rings. The summed E-state index contributed by atoms with van der Waals surface area (Å²) in [5, 5.41) is 3.62. The van der Waals surface area contributed by atoms with Crippen LogP contribution in [0, 0.1) is 11.8 Å². The average molecular weight is 253 g/mol. The van der Waals surface area contributed by atoms with E-state index in [0.717, 1.165) is 6.54 Å². The number of benzene rings is 1. The van der Waals surface area contributed by atoms with Gasteiger partial charge in [-0.05, 0) is 43.2 Å². The Balaban J connectivity index is 1.93. The second kappa shape index (κ2) is 5.75. The van der Waals surface area contributed by atoms with Gasteiger partial charge in [-0.25, -0.2) is 0 Å². The van der Waals surface area contributed by atoms with Gasteiger partial charge in [0.1, 0.15) is 0 Å². The number of hydrogen-bond donors (Lipinski definition) is 1. The number of rotatable bonds is 2. The first-order chi connectivity index (χ1) is 9.36. The summed E-state index contributed by atoms with van der Waals surface area (Å²) in [5.41, 5.74) is 2.95. The number of hydrogen-bond acceptors (Lipinski definition) is 1. The number of allylic oxidation sites excluding steroid dienone is 2. The molecule has 2 aliphatic rings. The van der Waals surface area contributed by atoms with Crippen molar-refractivity contribution in [3.63, 3.8) is 0 Å². The van der Waals surface area contributed by atoms with E-state index in [2.05, 4.69) is 60.8 Å². The quantitative estimate of drug-likeness (QED) is 0.785. The van der Waals surface area contributed by atoms with Gasteiger partial charge in [0, 0.05) is 18.5 Å². The van der Waals surface area contributed by atoms with Crippen LogP contribution in [-0.4, -0.2) is 12.6 Å². The molecule has 0 radical (unpaired) electrons. The van der Waals surface area contributed by atoms with E-state index in [9.17, 15) is 0 Å². The van der Waals surface area contributed by atoms with Crippen LogP contribution in [0.4, 0.5) is 0 Å². The van der Waals surface area contributed by atoms with Gasteiger partial charge in [-0.2, -0.15) is 0 Å². The third-order valence-electron chi connectivity index (χ3n) is 4.52. The summed E-state index contributed by atoms with van der Waals surface area (Å²) in [7, 11) is 0. The summed E-state index contributed by atoms with van der Waals surface area (Å²) in [6, 6.07) is 11.5. The predicted molar refractivity (Wildman–Crippen MR) is 81.9 cm³/mol. The molecule has 3 rings (SSSR count). The monoisotopic (exact) mass is 253 g/mol. The molecular formula is C18H23N. The Morgan fingerprint density at radius 2 is 2.00 bits per heavy atom. The minimum atomic E-state index is 0.563. The summed E-state index contributed by atoms with van der Waals surface area (Å²) in [6.45, 7) is 3.33. The van der Waals surface area contributed by atoms with Gasteiger partial charge in [-0.3, -0.25) is 0 Å². The van der Waals surface area contributed by atoms with Gasteiger partial charge in [0.15, 0.2) is 0 Å². The Kier molecular flexibility index (Phi) is 3.84. The largest absolute Gasteiger partial charge is 0.310 e. The highest BCUT2D eigenvalue weighted by molar-refractivity contribution is 5.69. The molecule has 1 aromatic carbocycles. The second-order valence-electron chi connectivity index (χ2n) is 5.77. The van der Waals surface area contributed by atoms with Crippen molar-refractivity contribution in [3.8, 4) is 0 Å². The maximum absolute atomic E-state index is 3.62. The van der Waals surface area contributed by atoms with Crippen molar-refractivity contribution in [2.75, 3.05) is 6.54 Å². The van der Waals surface area contributed by atoms with Gasteiger partial charge in [-0.15, -0.1) is 0 Å². The van der Waals surface area contributed by atoms with Gasteiger partial charge < -0.3 is 5.32 Å². The fourth-order valence-corrected chi connectivity index (χ4v) is 3.57. The van der Waals surface area contributed by atoms with E-state index in [1.165, 1.54) is 24.8 Å². The molecule has 1 nitrogen and oxygen atoms in total. The molecule has 1 aromatic rings. The second-order valence-corrected chi connectivity index (χ2v) is 5.77. The van der Waals surface area contributed by atoms with Crippen molar-refractivity contribution in [1.82, 2.24) is 5.32 Å². The number of nitrogens with one attached hydrogen (secondary N) is 1. The lowest BCUT2D eigenvalue weighted by molar-refractivity contribution is 0.339. The van der Waals surface area contributed by atoms with E-state index in [4.69, 9.17) is 0 Å². The minimum Gasteiger partial charge on any atom is -0.310 e. The maximum Gasteiger partial charge on any atom is 0.0143 e. The highest BCUT2D eigenvalue weighted by Crippen LogP contribution is 2.38. The zero-order valence-corrected chi connectivity index (χ0v) is 11.7. The molecule has 0 saturated carbocycles. The molecular weight excluding hydrogens is 230 g/mol.